The van der Waals surface area contributed by atoms with Gasteiger partial charge in [-0.15, -0.1) is 0 Å². The van der Waals surface area contributed by atoms with E-state index < -0.39 is 0 Å². The molecule has 3 N–H and O–H groups in total. The lowest BCUT2D eigenvalue weighted by molar-refractivity contribution is -0.0477. The van der Waals surface area contributed by atoms with Crippen molar-refractivity contribution in [2.45, 2.75) is 38.0 Å². The number of hydrogen-bond acceptors (Lipinski definition) is 5. The van der Waals surface area contributed by atoms with Crippen LogP contribution in [-0.2, 0) is 4.74 Å². The Bertz CT molecular complexity index is 494. The second kappa shape index (κ2) is 6.22. The monoisotopic (exact) mass is 292 g/mol. The molecule has 0 saturated carbocycles. The average Bonchev–Trinajstić information content (AvgIpc) is 2.92. The number of aromatic hydroxyl groups is 2. The Morgan fingerprint density at radius 1 is 1.43 bits per heavy atom. The summed E-state index contributed by atoms with van der Waals surface area (Å²) in [5.41, 5.74) is 0.794. The van der Waals surface area contributed by atoms with E-state index in [1.165, 1.54) is 25.5 Å². The predicted octanol–water partition coefficient (Wildman–Crippen LogP) is 1.61. The molecule has 3 rings (SSSR count). The molecule has 0 aromatic heterocycles. The van der Waals surface area contributed by atoms with Crippen molar-refractivity contribution >= 4 is 0 Å². The predicted molar refractivity (Wildman–Crippen MR) is 80.5 cm³/mol. The van der Waals surface area contributed by atoms with Crippen molar-refractivity contribution in [3.8, 4) is 11.5 Å². The molecule has 2 aliphatic rings. The zero-order valence-corrected chi connectivity index (χ0v) is 12.5. The van der Waals surface area contributed by atoms with E-state index in [0.717, 1.165) is 25.3 Å². The molecule has 21 heavy (non-hydrogen) atoms. The fourth-order valence-corrected chi connectivity index (χ4v) is 3.33. The third kappa shape index (κ3) is 3.31. The number of nitrogens with one attached hydrogen (secondary N) is 1. The normalized spacial score (nSPS) is 27.5. The molecule has 1 aromatic carbocycles. The SMILES string of the molecule is CC(NCC1CN2CCCC2CO1)c1ccc(O)cc1O. The molecule has 0 spiro atoms. The zero-order chi connectivity index (χ0) is 14.8. The smallest absolute Gasteiger partial charge is 0.124 e. The largest absolute Gasteiger partial charge is 0.508 e. The Balaban J connectivity index is 1.52. The van der Waals surface area contributed by atoms with E-state index in [-0.39, 0.29) is 23.6 Å². The summed E-state index contributed by atoms with van der Waals surface area (Å²) in [7, 11) is 0. The number of phenols is 2. The number of benzene rings is 1. The van der Waals surface area contributed by atoms with Gasteiger partial charge in [0.05, 0.1) is 12.7 Å². The molecule has 0 amide bonds. The average molecular weight is 292 g/mol. The van der Waals surface area contributed by atoms with Crippen LogP contribution in [0.25, 0.3) is 0 Å². The standard InChI is InChI=1S/C16H24N2O3/c1-11(15-5-4-13(19)7-16(15)20)17-8-14-9-18-6-2-3-12(18)10-21-14/h4-5,7,11-12,14,17,19-20H,2-3,6,8-10H2,1H3. The molecule has 0 bridgehead atoms. The van der Waals surface area contributed by atoms with Crippen LogP contribution < -0.4 is 5.32 Å². The minimum absolute atomic E-state index is 0.0190. The summed E-state index contributed by atoms with van der Waals surface area (Å²) in [5.74, 6) is 0.207. The first-order valence-corrected chi connectivity index (χ1v) is 7.74. The van der Waals surface area contributed by atoms with E-state index in [9.17, 15) is 10.2 Å². The first-order valence-electron chi connectivity index (χ1n) is 7.74. The molecule has 2 fully saturated rings. The molecule has 116 valence electrons. The molecule has 2 saturated heterocycles. The highest BCUT2D eigenvalue weighted by molar-refractivity contribution is 5.40. The van der Waals surface area contributed by atoms with E-state index in [2.05, 4.69) is 10.2 Å². The highest BCUT2D eigenvalue weighted by Crippen LogP contribution is 2.28. The molecule has 2 aliphatic heterocycles. The van der Waals surface area contributed by atoms with E-state index in [1.807, 2.05) is 6.92 Å². The van der Waals surface area contributed by atoms with Crippen molar-refractivity contribution in [1.29, 1.82) is 0 Å². The van der Waals surface area contributed by atoms with Gasteiger partial charge in [0.15, 0.2) is 0 Å². The van der Waals surface area contributed by atoms with Gasteiger partial charge in [0.2, 0.25) is 0 Å². The van der Waals surface area contributed by atoms with Gasteiger partial charge < -0.3 is 20.3 Å². The second-order valence-corrected chi connectivity index (χ2v) is 6.12. The molecular weight excluding hydrogens is 268 g/mol. The highest BCUT2D eigenvalue weighted by atomic mass is 16.5. The van der Waals surface area contributed by atoms with Crippen LogP contribution >= 0.6 is 0 Å². The van der Waals surface area contributed by atoms with Gasteiger partial charge in [-0.3, -0.25) is 4.90 Å². The van der Waals surface area contributed by atoms with Crippen molar-refractivity contribution in [2.24, 2.45) is 0 Å². The maximum absolute atomic E-state index is 9.88. The Morgan fingerprint density at radius 2 is 2.29 bits per heavy atom. The molecule has 3 atom stereocenters. The summed E-state index contributed by atoms with van der Waals surface area (Å²) in [6.07, 6.45) is 2.75. The first-order chi connectivity index (χ1) is 10.1. The first kappa shape index (κ1) is 14.6. The van der Waals surface area contributed by atoms with Crippen LogP contribution in [0.2, 0.25) is 0 Å². The fourth-order valence-electron chi connectivity index (χ4n) is 3.33. The summed E-state index contributed by atoms with van der Waals surface area (Å²) in [6.45, 7) is 5.80. The highest BCUT2D eigenvalue weighted by Gasteiger charge is 2.32. The number of phenolic OH excluding ortho intramolecular Hbond substituents is 2. The number of nitrogens with zero attached hydrogens (tertiary/aromatic N) is 1. The lowest BCUT2D eigenvalue weighted by Crippen LogP contribution is -2.49. The second-order valence-electron chi connectivity index (χ2n) is 6.12. The van der Waals surface area contributed by atoms with E-state index in [1.54, 1.807) is 12.1 Å². The lowest BCUT2D eigenvalue weighted by Gasteiger charge is -2.35. The van der Waals surface area contributed by atoms with Gasteiger partial charge in [-0.2, -0.15) is 0 Å². The van der Waals surface area contributed by atoms with Crippen molar-refractivity contribution in [2.75, 3.05) is 26.2 Å². The van der Waals surface area contributed by atoms with Gasteiger partial charge in [0.1, 0.15) is 11.5 Å². The van der Waals surface area contributed by atoms with Gasteiger partial charge in [0, 0.05) is 36.8 Å². The third-order valence-electron chi connectivity index (χ3n) is 4.59. The zero-order valence-electron chi connectivity index (χ0n) is 12.5. The molecular formula is C16H24N2O3. The molecule has 5 nitrogen and oxygen atoms in total. The Hall–Kier alpha value is -1.30. The summed E-state index contributed by atoms with van der Waals surface area (Å²) >= 11 is 0. The maximum Gasteiger partial charge on any atom is 0.124 e. The van der Waals surface area contributed by atoms with Crippen LogP contribution in [0.5, 0.6) is 11.5 Å². The van der Waals surface area contributed by atoms with Crippen LogP contribution in [0.15, 0.2) is 18.2 Å². The Labute approximate surface area is 125 Å². The topological polar surface area (TPSA) is 65.0 Å². The molecule has 0 aliphatic carbocycles. The number of rotatable bonds is 4. The third-order valence-corrected chi connectivity index (χ3v) is 4.59. The lowest BCUT2D eigenvalue weighted by atomic mass is 10.1. The molecule has 5 heteroatoms. The van der Waals surface area contributed by atoms with Crippen LogP contribution in [0.4, 0.5) is 0 Å². The number of fused-ring (bicyclic) bond motifs is 1. The van der Waals surface area contributed by atoms with Gasteiger partial charge in [-0.25, -0.2) is 0 Å². The summed E-state index contributed by atoms with van der Waals surface area (Å²) < 4.78 is 5.92. The van der Waals surface area contributed by atoms with Gasteiger partial charge in [-0.05, 0) is 32.4 Å². The van der Waals surface area contributed by atoms with Crippen molar-refractivity contribution in [1.82, 2.24) is 10.2 Å². The van der Waals surface area contributed by atoms with Crippen molar-refractivity contribution in [3.05, 3.63) is 23.8 Å². The molecule has 2 heterocycles. The van der Waals surface area contributed by atoms with Crippen LogP contribution in [0.1, 0.15) is 31.4 Å². The Morgan fingerprint density at radius 3 is 3.10 bits per heavy atom. The van der Waals surface area contributed by atoms with Crippen molar-refractivity contribution in [3.63, 3.8) is 0 Å². The van der Waals surface area contributed by atoms with Crippen LogP contribution in [-0.4, -0.2) is 53.5 Å². The van der Waals surface area contributed by atoms with Crippen molar-refractivity contribution < 1.29 is 14.9 Å². The van der Waals surface area contributed by atoms with E-state index in [0.29, 0.717) is 6.04 Å². The Kier molecular flexibility index (Phi) is 4.33. The van der Waals surface area contributed by atoms with Gasteiger partial charge >= 0.3 is 0 Å². The molecule has 0 radical (unpaired) electrons. The van der Waals surface area contributed by atoms with Crippen LogP contribution in [0.3, 0.4) is 0 Å². The van der Waals surface area contributed by atoms with Crippen LogP contribution in [0, 0.1) is 0 Å². The van der Waals surface area contributed by atoms with Gasteiger partial charge in [-0.1, -0.05) is 6.07 Å². The maximum atomic E-state index is 9.88. The quantitative estimate of drug-likeness (QED) is 0.787. The van der Waals surface area contributed by atoms with Gasteiger partial charge in [0.25, 0.3) is 0 Å². The molecule has 3 unspecified atom stereocenters. The minimum Gasteiger partial charge on any atom is -0.508 e. The number of morpholine rings is 1. The molecule has 1 aromatic rings. The minimum atomic E-state index is 0.0190. The van der Waals surface area contributed by atoms with E-state index in [4.69, 9.17) is 4.74 Å². The van der Waals surface area contributed by atoms with E-state index >= 15 is 0 Å². The fraction of sp³-hybridized carbons (Fsp3) is 0.625. The summed E-state index contributed by atoms with van der Waals surface area (Å²) in [6, 6.07) is 5.37. The summed E-state index contributed by atoms with van der Waals surface area (Å²) in [4.78, 5) is 2.53. The number of hydrogen-bond donors (Lipinski definition) is 3. The number of ether oxygens (including phenoxy) is 1. The summed E-state index contributed by atoms with van der Waals surface area (Å²) in [5, 5.41) is 22.6.